The van der Waals surface area contributed by atoms with Gasteiger partial charge in [-0.2, -0.15) is 5.10 Å². The third-order valence-corrected chi connectivity index (χ3v) is 10.3. The van der Waals surface area contributed by atoms with Crippen LogP contribution >= 0.6 is 0 Å². The minimum Gasteiger partial charge on any atom is -0.489 e. The van der Waals surface area contributed by atoms with E-state index < -0.39 is 0 Å². The molecule has 1 aliphatic carbocycles. The number of aromatic nitrogens is 4. The van der Waals surface area contributed by atoms with E-state index in [4.69, 9.17) is 19.4 Å². The molecular weight excluding hydrogens is 548 g/mol. The highest BCUT2D eigenvalue weighted by molar-refractivity contribution is 5.94. The van der Waals surface area contributed by atoms with Gasteiger partial charge in [0.2, 0.25) is 0 Å². The molecule has 0 saturated carbocycles. The summed E-state index contributed by atoms with van der Waals surface area (Å²) in [5.41, 5.74) is 11.1. The first-order valence-corrected chi connectivity index (χ1v) is 15.9. The Morgan fingerprint density at radius 3 is 2.39 bits per heavy atom. The summed E-state index contributed by atoms with van der Waals surface area (Å²) in [6.45, 7) is 3.37. The molecular formula is C36H36N6O2. The van der Waals surface area contributed by atoms with Crippen molar-refractivity contribution < 1.29 is 9.47 Å². The highest BCUT2D eigenvalue weighted by atomic mass is 16.5. The lowest BCUT2D eigenvalue weighted by Crippen LogP contribution is -2.66. The first-order chi connectivity index (χ1) is 21.7. The van der Waals surface area contributed by atoms with Crippen molar-refractivity contribution in [2.75, 3.05) is 38.3 Å². The van der Waals surface area contributed by atoms with Crippen LogP contribution in [0.5, 0.6) is 5.75 Å². The fourth-order valence-corrected chi connectivity index (χ4v) is 7.94. The van der Waals surface area contributed by atoms with Crippen LogP contribution in [0.2, 0.25) is 0 Å². The molecule has 2 bridgehead atoms. The predicted molar refractivity (Wildman–Crippen MR) is 172 cm³/mol. The van der Waals surface area contributed by atoms with E-state index >= 15 is 0 Å². The first kappa shape index (κ1) is 26.2. The number of likely N-dealkylation sites (N-methyl/N-ethyl adjacent to an activating group) is 1. The maximum atomic E-state index is 5.90. The molecule has 8 nitrogen and oxygen atoms in total. The van der Waals surface area contributed by atoms with Crippen molar-refractivity contribution >= 4 is 16.7 Å². The zero-order valence-corrected chi connectivity index (χ0v) is 25.0. The number of aromatic amines is 1. The summed E-state index contributed by atoms with van der Waals surface area (Å²) in [7, 11) is 2.09. The lowest BCUT2D eigenvalue weighted by Gasteiger charge is -2.56. The van der Waals surface area contributed by atoms with Gasteiger partial charge in [-0.05, 0) is 54.9 Å². The van der Waals surface area contributed by atoms with Crippen molar-refractivity contribution in [1.29, 1.82) is 0 Å². The summed E-state index contributed by atoms with van der Waals surface area (Å²) in [5, 5.41) is 8.86. The van der Waals surface area contributed by atoms with Crippen molar-refractivity contribution in [1.82, 2.24) is 25.1 Å². The maximum absolute atomic E-state index is 5.90. The Balaban J connectivity index is 0.989. The van der Waals surface area contributed by atoms with E-state index in [1.807, 2.05) is 18.5 Å². The Labute approximate surface area is 257 Å². The molecule has 3 aromatic heterocycles. The number of anilines is 1. The van der Waals surface area contributed by atoms with Gasteiger partial charge in [0.05, 0.1) is 25.5 Å². The van der Waals surface area contributed by atoms with Gasteiger partial charge < -0.3 is 14.4 Å². The Hall–Kier alpha value is -4.27. The van der Waals surface area contributed by atoms with Crippen LogP contribution in [0.4, 0.5) is 5.69 Å². The zero-order valence-electron chi connectivity index (χ0n) is 25.0. The number of H-pyrrole nitrogens is 1. The number of pyridine rings is 2. The second kappa shape index (κ2) is 10.4. The zero-order chi connectivity index (χ0) is 29.2. The largest absolute Gasteiger partial charge is 0.489 e. The lowest BCUT2D eigenvalue weighted by molar-refractivity contribution is -0.148. The molecule has 9 rings (SSSR count). The quantitative estimate of drug-likeness (QED) is 0.264. The van der Waals surface area contributed by atoms with Gasteiger partial charge in [-0.25, -0.2) is 4.98 Å². The van der Waals surface area contributed by atoms with E-state index in [0.29, 0.717) is 24.7 Å². The monoisotopic (exact) mass is 584 g/mol. The van der Waals surface area contributed by atoms with E-state index in [-0.39, 0.29) is 0 Å². The van der Waals surface area contributed by atoms with Gasteiger partial charge in [-0.15, -0.1) is 0 Å². The highest BCUT2D eigenvalue weighted by Crippen LogP contribution is 2.40. The van der Waals surface area contributed by atoms with Crippen LogP contribution in [0, 0.1) is 0 Å². The fourth-order valence-electron chi connectivity index (χ4n) is 7.94. The number of nitrogens with one attached hydrogen (secondary N) is 1. The number of fused-ring (bicyclic) bond motifs is 5. The molecule has 8 heteroatoms. The Bertz CT molecular complexity index is 1850. The van der Waals surface area contributed by atoms with E-state index in [1.165, 1.54) is 36.0 Å². The lowest BCUT2D eigenvalue weighted by atomic mass is 9.87. The van der Waals surface area contributed by atoms with E-state index in [2.05, 4.69) is 75.6 Å². The van der Waals surface area contributed by atoms with Gasteiger partial charge in [0.15, 0.2) is 5.65 Å². The van der Waals surface area contributed by atoms with Gasteiger partial charge in [-0.1, -0.05) is 42.5 Å². The number of rotatable bonds is 4. The number of morpholine rings is 1. The molecule has 5 aromatic rings. The molecule has 3 aliphatic heterocycles. The molecule has 6 heterocycles. The summed E-state index contributed by atoms with van der Waals surface area (Å²) >= 11 is 0. The summed E-state index contributed by atoms with van der Waals surface area (Å²) in [4.78, 5) is 14.5. The average molecular weight is 585 g/mol. The van der Waals surface area contributed by atoms with Gasteiger partial charge in [-0.3, -0.25) is 15.0 Å². The van der Waals surface area contributed by atoms with Crippen LogP contribution in [0.1, 0.15) is 30.4 Å². The van der Waals surface area contributed by atoms with Gasteiger partial charge >= 0.3 is 0 Å². The molecule has 0 radical (unpaired) electrons. The molecule has 2 aromatic carbocycles. The molecule has 2 fully saturated rings. The van der Waals surface area contributed by atoms with Crippen molar-refractivity contribution in [2.24, 2.45) is 0 Å². The van der Waals surface area contributed by atoms with E-state index in [1.54, 1.807) is 0 Å². The van der Waals surface area contributed by atoms with Crippen LogP contribution in [0.3, 0.4) is 0 Å². The smallest absolute Gasteiger partial charge is 0.155 e. The molecule has 0 spiro atoms. The second-order valence-corrected chi connectivity index (χ2v) is 12.8. The van der Waals surface area contributed by atoms with Gasteiger partial charge in [0.25, 0.3) is 0 Å². The summed E-state index contributed by atoms with van der Waals surface area (Å²) < 4.78 is 11.7. The standard InChI is InChI=1S/C36H36N6O2/c1-41-14-15-44-32-12-13-37-34(35(32)41)24-5-3-23(4-6-24)33-31-17-27(19-38-36(31)40-39-33)26-7-2-22-8-10-28(11-9-25(22)16-26)42-29-18-30(42)21-43-20-29/h2-7,12-13,16-17,19,28-30H,8-11,14-15,18,20-21H2,1H3,(H,38,39,40)/t28-,29?,30?/m0/s1. The Kier molecular flexibility index (Phi) is 6.20. The normalized spacial score (nSPS) is 22.9. The predicted octanol–water partition coefficient (Wildman–Crippen LogP) is 5.90. The average Bonchev–Trinajstić information content (AvgIpc) is 3.39. The molecule has 4 aliphatic rings. The van der Waals surface area contributed by atoms with E-state index in [0.717, 1.165) is 83.1 Å². The van der Waals surface area contributed by atoms with Crippen molar-refractivity contribution in [2.45, 2.75) is 50.2 Å². The minimum atomic E-state index is 0.644. The van der Waals surface area contributed by atoms with Crippen LogP contribution in [0.25, 0.3) is 44.7 Å². The summed E-state index contributed by atoms with van der Waals surface area (Å²) in [6, 6.07) is 21.7. The van der Waals surface area contributed by atoms with Crippen LogP contribution in [-0.4, -0.2) is 76.6 Å². The minimum absolute atomic E-state index is 0.644. The number of nitrogens with zero attached hydrogens (tertiary/aromatic N) is 5. The number of hydrogen-bond acceptors (Lipinski definition) is 7. The summed E-state index contributed by atoms with van der Waals surface area (Å²) in [6.07, 6.45) is 9.88. The van der Waals surface area contributed by atoms with Crippen LogP contribution in [0.15, 0.2) is 67.0 Å². The Morgan fingerprint density at radius 1 is 0.795 bits per heavy atom. The third kappa shape index (κ3) is 4.31. The maximum Gasteiger partial charge on any atom is 0.155 e. The second-order valence-electron chi connectivity index (χ2n) is 12.8. The van der Waals surface area contributed by atoms with E-state index in [9.17, 15) is 0 Å². The fraction of sp³-hybridized carbons (Fsp3) is 0.361. The molecule has 222 valence electrons. The molecule has 3 atom stereocenters. The SMILES string of the molecule is CN1CCOc2ccnc(-c3ccc(-c4n[nH]c5ncc(-c6ccc7c(c6)CC[C@@H](N6C8COCC6C8)CC7)cc45)cc3)c21. The van der Waals surface area contributed by atoms with Crippen LogP contribution in [-0.2, 0) is 17.6 Å². The molecule has 44 heavy (non-hydrogen) atoms. The number of benzene rings is 2. The number of hydrogen-bond donors (Lipinski definition) is 1. The van der Waals surface area contributed by atoms with Crippen LogP contribution < -0.4 is 9.64 Å². The third-order valence-electron chi connectivity index (χ3n) is 10.3. The van der Waals surface area contributed by atoms with Crippen molar-refractivity contribution in [3.8, 4) is 39.4 Å². The van der Waals surface area contributed by atoms with Crippen molar-refractivity contribution in [3.63, 3.8) is 0 Å². The number of aryl methyl sites for hydroxylation is 2. The molecule has 2 unspecified atom stereocenters. The van der Waals surface area contributed by atoms with Gasteiger partial charge in [0.1, 0.15) is 23.7 Å². The molecule has 2 saturated heterocycles. The Morgan fingerprint density at radius 2 is 1.57 bits per heavy atom. The van der Waals surface area contributed by atoms with Crippen molar-refractivity contribution in [3.05, 3.63) is 78.1 Å². The van der Waals surface area contributed by atoms with Gasteiger partial charge in [0, 0.05) is 65.7 Å². The summed E-state index contributed by atoms with van der Waals surface area (Å²) in [5.74, 6) is 0.885. The topological polar surface area (TPSA) is 79.4 Å². The molecule has 0 amide bonds. The highest BCUT2D eigenvalue weighted by Gasteiger charge is 2.45. The molecule has 1 N–H and O–H groups in total. The first-order valence-electron chi connectivity index (χ1n) is 15.9. The number of ether oxygens (including phenoxy) is 2.